The highest BCUT2D eigenvalue weighted by atomic mass is 16.5. The van der Waals surface area contributed by atoms with Crippen LogP contribution in [0.1, 0.15) is 44.3 Å². The zero-order valence-corrected chi connectivity index (χ0v) is 22.4. The maximum atomic E-state index is 13.2. The third kappa shape index (κ3) is 7.88. The van der Waals surface area contributed by atoms with E-state index in [9.17, 15) is 14.4 Å². The van der Waals surface area contributed by atoms with Gasteiger partial charge in [0.05, 0.1) is 6.61 Å². The smallest absolute Gasteiger partial charge is 0.272 e. The van der Waals surface area contributed by atoms with Crippen LogP contribution >= 0.6 is 0 Å². The van der Waals surface area contributed by atoms with Crippen LogP contribution < -0.4 is 15.4 Å². The standard InChI is InChI=1S/C34H30N2O4/c1-3-40-30-20-13-25(14-21-30)15-22-32(37)27-16-18-29(19-17-27)35-34(39)31(23-26-11-9-24(2)10-12-26)36-33(38)28-7-5-4-6-8-28/h4-23H,3H2,1-2H3,(H,35,39)(H,36,38)/b22-15+,31-23-. The Morgan fingerprint density at radius 2 is 1.40 bits per heavy atom. The van der Waals surface area contributed by atoms with Gasteiger partial charge < -0.3 is 15.4 Å². The van der Waals surface area contributed by atoms with Gasteiger partial charge in [-0.25, -0.2) is 0 Å². The van der Waals surface area contributed by atoms with Crippen LogP contribution in [-0.4, -0.2) is 24.2 Å². The zero-order chi connectivity index (χ0) is 28.3. The van der Waals surface area contributed by atoms with E-state index in [-0.39, 0.29) is 11.5 Å². The maximum absolute atomic E-state index is 13.2. The average Bonchev–Trinajstić information content (AvgIpc) is 2.98. The predicted molar refractivity (Wildman–Crippen MR) is 159 cm³/mol. The number of hydrogen-bond acceptors (Lipinski definition) is 4. The Morgan fingerprint density at radius 3 is 2.05 bits per heavy atom. The first-order valence-corrected chi connectivity index (χ1v) is 12.9. The lowest BCUT2D eigenvalue weighted by Crippen LogP contribution is -2.30. The summed E-state index contributed by atoms with van der Waals surface area (Å²) in [5.41, 5.74) is 4.23. The van der Waals surface area contributed by atoms with E-state index < -0.39 is 11.8 Å². The Kier molecular flexibility index (Phi) is 9.40. The largest absolute Gasteiger partial charge is 0.494 e. The first-order valence-electron chi connectivity index (χ1n) is 12.9. The molecule has 200 valence electrons. The predicted octanol–water partition coefficient (Wildman–Crippen LogP) is 6.70. The molecule has 2 amide bonds. The number of amides is 2. The summed E-state index contributed by atoms with van der Waals surface area (Å²) < 4.78 is 5.44. The molecule has 4 aromatic carbocycles. The molecule has 0 aliphatic rings. The SMILES string of the molecule is CCOc1ccc(/C=C/C(=O)c2ccc(NC(=O)/C(=C/c3ccc(C)cc3)NC(=O)c3ccccc3)cc2)cc1. The van der Waals surface area contributed by atoms with Crippen molar-refractivity contribution in [3.05, 3.63) is 143 Å². The highest BCUT2D eigenvalue weighted by Crippen LogP contribution is 2.16. The molecule has 0 heterocycles. The number of benzene rings is 4. The summed E-state index contributed by atoms with van der Waals surface area (Å²) in [4.78, 5) is 38.7. The van der Waals surface area contributed by atoms with Crippen LogP contribution in [0.3, 0.4) is 0 Å². The quantitative estimate of drug-likeness (QED) is 0.177. The van der Waals surface area contributed by atoms with Crippen LogP contribution in [-0.2, 0) is 4.79 Å². The minimum absolute atomic E-state index is 0.0937. The molecule has 0 aromatic heterocycles. The summed E-state index contributed by atoms with van der Waals surface area (Å²) in [6.07, 6.45) is 4.87. The second-order valence-electron chi connectivity index (χ2n) is 9.02. The number of carbonyl (C=O) groups excluding carboxylic acids is 3. The van der Waals surface area contributed by atoms with E-state index in [1.54, 1.807) is 60.7 Å². The summed E-state index contributed by atoms with van der Waals surface area (Å²) in [5, 5.41) is 5.53. The highest BCUT2D eigenvalue weighted by molar-refractivity contribution is 6.11. The van der Waals surface area contributed by atoms with Crippen molar-refractivity contribution < 1.29 is 19.1 Å². The average molecular weight is 531 g/mol. The fraction of sp³-hybridized carbons (Fsp3) is 0.0882. The molecule has 2 N–H and O–H groups in total. The van der Waals surface area contributed by atoms with E-state index in [0.29, 0.717) is 23.4 Å². The maximum Gasteiger partial charge on any atom is 0.272 e. The monoisotopic (exact) mass is 530 g/mol. The fourth-order valence-corrected chi connectivity index (χ4v) is 3.80. The Hall–Kier alpha value is -5.23. The number of anilines is 1. The molecule has 0 aliphatic heterocycles. The molecular formula is C34H30N2O4. The minimum atomic E-state index is -0.487. The van der Waals surface area contributed by atoms with Gasteiger partial charge in [-0.3, -0.25) is 14.4 Å². The number of ether oxygens (including phenoxy) is 1. The van der Waals surface area contributed by atoms with Gasteiger partial charge in [0.1, 0.15) is 11.4 Å². The molecule has 0 saturated carbocycles. The van der Waals surface area contributed by atoms with Crippen molar-refractivity contribution in [3.8, 4) is 5.75 Å². The van der Waals surface area contributed by atoms with Crippen molar-refractivity contribution >= 4 is 35.4 Å². The van der Waals surface area contributed by atoms with Gasteiger partial charge in [0, 0.05) is 16.8 Å². The summed E-state index contributed by atoms with van der Waals surface area (Å²) in [7, 11) is 0. The molecule has 6 heteroatoms. The Labute approximate surface area is 234 Å². The topological polar surface area (TPSA) is 84.5 Å². The van der Waals surface area contributed by atoms with Crippen molar-refractivity contribution in [2.75, 3.05) is 11.9 Å². The fourth-order valence-electron chi connectivity index (χ4n) is 3.80. The highest BCUT2D eigenvalue weighted by Gasteiger charge is 2.15. The van der Waals surface area contributed by atoms with Gasteiger partial charge in [0.15, 0.2) is 5.78 Å². The summed E-state index contributed by atoms with van der Waals surface area (Å²) >= 11 is 0. The molecule has 4 rings (SSSR count). The van der Waals surface area contributed by atoms with Gasteiger partial charge in [-0.2, -0.15) is 0 Å². The number of ketones is 1. The molecule has 0 saturated heterocycles. The number of aryl methyl sites for hydroxylation is 1. The summed E-state index contributed by atoms with van der Waals surface area (Å²) in [6, 6.07) is 30.4. The number of rotatable bonds is 10. The van der Waals surface area contributed by atoms with Gasteiger partial charge >= 0.3 is 0 Å². The van der Waals surface area contributed by atoms with Crippen molar-refractivity contribution in [1.29, 1.82) is 0 Å². The van der Waals surface area contributed by atoms with Crippen molar-refractivity contribution in [3.63, 3.8) is 0 Å². The lowest BCUT2D eigenvalue weighted by Gasteiger charge is -2.12. The van der Waals surface area contributed by atoms with E-state index in [4.69, 9.17) is 4.74 Å². The third-order valence-electron chi connectivity index (χ3n) is 5.96. The molecular weight excluding hydrogens is 500 g/mol. The van der Waals surface area contributed by atoms with Gasteiger partial charge in [-0.1, -0.05) is 66.2 Å². The molecule has 0 bridgehead atoms. The van der Waals surface area contributed by atoms with Crippen LogP contribution in [0.4, 0.5) is 5.69 Å². The molecule has 4 aromatic rings. The van der Waals surface area contributed by atoms with Gasteiger partial charge in [0.2, 0.25) is 0 Å². The van der Waals surface area contributed by atoms with E-state index >= 15 is 0 Å². The molecule has 0 fully saturated rings. The van der Waals surface area contributed by atoms with Crippen molar-refractivity contribution in [1.82, 2.24) is 5.32 Å². The van der Waals surface area contributed by atoms with Crippen LogP contribution in [0.2, 0.25) is 0 Å². The van der Waals surface area contributed by atoms with Gasteiger partial charge in [0.25, 0.3) is 11.8 Å². The minimum Gasteiger partial charge on any atom is -0.494 e. The molecule has 40 heavy (non-hydrogen) atoms. The van der Waals surface area contributed by atoms with E-state index in [1.807, 2.05) is 68.4 Å². The molecule has 0 spiro atoms. The molecule has 0 unspecified atom stereocenters. The zero-order valence-electron chi connectivity index (χ0n) is 22.4. The summed E-state index contributed by atoms with van der Waals surface area (Å²) in [6.45, 7) is 4.49. The van der Waals surface area contributed by atoms with Crippen LogP contribution in [0, 0.1) is 6.92 Å². The van der Waals surface area contributed by atoms with Gasteiger partial charge in [-0.05, 0) is 85.7 Å². The van der Waals surface area contributed by atoms with Crippen molar-refractivity contribution in [2.45, 2.75) is 13.8 Å². The van der Waals surface area contributed by atoms with E-state index in [0.717, 1.165) is 22.4 Å². The van der Waals surface area contributed by atoms with Crippen molar-refractivity contribution in [2.24, 2.45) is 0 Å². The lowest BCUT2D eigenvalue weighted by molar-refractivity contribution is -0.113. The Balaban J connectivity index is 1.45. The normalized spacial score (nSPS) is 11.2. The lowest BCUT2D eigenvalue weighted by atomic mass is 10.1. The molecule has 6 nitrogen and oxygen atoms in total. The molecule has 0 aliphatic carbocycles. The first kappa shape index (κ1) is 27.8. The first-order chi connectivity index (χ1) is 19.4. The van der Waals surface area contributed by atoms with Crippen LogP contribution in [0.15, 0.2) is 115 Å². The van der Waals surface area contributed by atoms with E-state index in [2.05, 4.69) is 10.6 Å². The Bertz CT molecular complexity index is 1520. The molecule has 0 atom stereocenters. The van der Waals surface area contributed by atoms with Gasteiger partial charge in [-0.15, -0.1) is 0 Å². The second-order valence-corrected chi connectivity index (χ2v) is 9.02. The Morgan fingerprint density at radius 1 is 0.750 bits per heavy atom. The number of allylic oxidation sites excluding steroid dienone is 1. The number of hydrogen-bond donors (Lipinski definition) is 2. The third-order valence-corrected chi connectivity index (χ3v) is 5.96. The second kappa shape index (κ2) is 13.5. The molecule has 0 radical (unpaired) electrons. The van der Waals surface area contributed by atoms with Crippen LogP contribution in [0.25, 0.3) is 12.2 Å². The number of carbonyl (C=O) groups is 3. The van der Waals surface area contributed by atoms with E-state index in [1.165, 1.54) is 6.08 Å². The number of nitrogens with one attached hydrogen (secondary N) is 2. The summed E-state index contributed by atoms with van der Waals surface area (Å²) in [5.74, 6) is -0.268. The van der Waals surface area contributed by atoms with Crippen LogP contribution in [0.5, 0.6) is 5.75 Å².